The molecule has 4 aromatic rings. The molecule has 0 spiro atoms. The lowest BCUT2D eigenvalue weighted by Gasteiger charge is -2.11. The van der Waals surface area contributed by atoms with Gasteiger partial charge in [0.1, 0.15) is 17.1 Å². The standard InChI is InChI=1S/C22H24N8O3/c1-12-16(13(2)30-22(26-12)17(10-25-30)20(23)32)8-9-19(31)24-11-18-27-21(29-28-18)14-4-6-15(33-3)7-5-14/h4-7,10H,8-9,11H2,1-3H3,(H2,23,32)(H,24,31)(H,27,28,29). The third-order valence-corrected chi connectivity index (χ3v) is 5.41. The zero-order valence-electron chi connectivity index (χ0n) is 18.5. The van der Waals surface area contributed by atoms with E-state index in [2.05, 4.69) is 30.6 Å². The van der Waals surface area contributed by atoms with Gasteiger partial charge in [-0.15, -0.1) is 0 Å². The lowest BCUT2D eigenvalue weighted by Crippen LogP contribution is -2.24. The summed E-state index contributed by atoms with van der Waals surface area (Å²) < 4.78 is 6.73. The van der Waals surface area contributed by atoms with E-state index in [4.69, 9.17) is 10.5 Å². The number of carbonyl (C=O) groups excluding carboxylic acids is 2. The van der Waals surface area contributed by atoms with Crippen LogP contribution in [0.5, 0.6) is 5.75 Å². The minimum atomic E-state index is -0.578. The number of aromatic amines is 1. The number of hydrogen-bond acceptors (Lipinski definition) is 7. The van der Waals surface area contributed by atoms with Crippen LogP contribution in [0.15, 0.2) is 30.5 Å². The molecule has 11 nitrogen and oxygen atoms in total. The highest BCUT2D eigenvalue weighted by Crippen LogP contribution is 2.20. The molecule has 170 valence electrons. The first kappa shape index (κ1) is 21.9. The number of carbonyl (C=O) groups is 2. The Morgan fingerprint density at radius 3 is 2.64 bits per heavy atom. The van der Waals surface area contributed by atoms with Gasteiger partial charge in [0.25, 0.3) is 5.91 Å². The van der Waals surface area contributed by atoms with Gasteiger partial charge in [0.15, 0.2) is 11.5 Å². The minimum Gasteiger partial charge on any atom is -0.497 e. The molecule has 0 unspecified atom stereocenters. The van der Waals surface area contributed by atoms with Gasteiger partial charge in [-0.25, -0.2) is 14.5 Å². The second kappa shape index (κ2) is 9.07. The molecule has 33 heavy (non-hydrogen) atoms. The van der Waals surface area contributed by atoms with E-state index < -0.39 is 5.91 Å². The number of aryl methyl sites for hydroxylation is 2. The van der Waals surface area contributed by atoms with E-state index in [1.54, 1.807) is 11.6 Å². The molecule has 2 amide bonds. The molecule has 1 aromatic carbocycles. The van der Waals surface area contributed by atoms with Gasteiger partial charge >= 0.3 is 0 Å². The van der Waals surface area contributed by atoms with Crippen LogP contribution in [0.2, 0.25) is 0 Å². The Balaban J connectivity index is 1.37. The Morgan fingerprint density at radius 2 is 1.94 bits per heavy atom. The van der Waals surface area contributed by atoms with E-state index in [-0.39, 0.29) is 24.4 Å². The SMILES string of the molecule is COc1ccc(-c2n[nH]c(CNC(=O)CCc3c(C)nc4c(C(N)=O)cnn4c3C)n2)cc1. The van der Waals surface area contributed by atoms with Crippen LogP contribution in [0.25, 0.3) is 17.0 Å². The van der Waals surface area contributed by atoms with Gasteiger partial charge in [0, 0.05) is 23.4 Å². The van der Waals surface area contributed by atoms with Gasteiger partial charge in [0.05, 0.1) is 19.9 Å². The third kappa shape index (κ3) is 4.52. The summed E-state index contributed by atoms with van der Waals surface area (Å²) in [5.41, 5.74) is 9.37. The first-order chi connectivity index (χ1) is 15.9. The second-order valence-electron chi connectivity index (χ2n) is 7.53. The highest BCUT2D eigenvalue weighted by atomic mass is 16.5. The van der Waals surface area contributed by atoms with Crippen molar-refractivity contribution in [3.63, 3.8) is 0 Å². The summed E-state index contributed by atoms with van der Waals surface area (Å²) in [6.45, 7) is 3.95. The molecule has 3 heterocycles. The topological polar surface area (TPSA) is 153 Å². The third-order valence-electron chi connectivity index (χ3n) is 5.41. The average molecular weight is 448 g/mol. The number of rotatable bonds is 8. The molecule has 0 atom stereocenters. The molecule has 11 heteroatoms. The van der Waals surface area contributed by atoms with Crippen molar-refractivity contribution in [2.75, 3.05) is 7.11 Å². The first-order valence-corrected chi connectivity index (χ1v) is 10.3. The highest BCUT2D eigenvalue weighted by molar-refractivity contribution is 5.98. The van der Waals surface area contributed by atoms with Crippen LogP contribution in [0.3, 0.4) is 0 Å². The fraction of sp³-hybridized carbons (Fsp3) is 0.273. The van der Waals surface area contributed by atoms with Crippen molar-refractivity contribution in [1.82, 2.24) is 35.1 Å². The van der Waals surface area contributed by atoms with Gasteiger partial charge < -0.3 is 15.8 Å². The van der Waals surface area contributed by atoms with Gasteiger partial charge in [-0.05, 0) is 50.1 Å². The maximum atomic E-state index is 12.4. The molecular weight excluding hydrogens is 424 g/mol. The van der Waals surface area contributed by atoms with Crippen molar-refractivity contribution in [2.24, 2.45) is 5.73 Å². The van der Waals surface area contributed by atoms with Crippen LogP contribution in [-0.2, 0) is 17.8 Å². The van der Waals surface area contributed by atoms with Gasteiger partial charge in [0.2, 0.25) is 5.91 Å². The van der Waals surface area contributed by atoms with Crippen molar-refractivity contribution in [3.8, 4) is 17.1 Å². The molecule has 0 fully saturated rings. The molecular formula is C22H24N8O3. The molecule has 0 bridgehead atoms. The number of methoxy groups -OCH3 is 1. The van der Waals surface area contributed by atoms with Crippen molar-refractivity contribution in [3.05, 3.63) is 58.8 Å². The summed E-state index contributed by atoms with van der Waals surface area (Å²) in [4.78, 5) is 32.9. The van der Waals surface area contributed by atoms with Crippen LogP contribution in [-0.4, -0.2) is 48.7 Å². The normalized spacial score (nSPS) is 11.0. The molecule has 0 aliphatic rings. The van der Waals surface area contributed by atoms with E-state index in [9.17, 15) is 9.59 Å². The zero-order chi connectivity index (χ0) is 23.5. The van der Waals surface area contributed by atoms with E-state index in [1.165, 1.54) is 6.20 Å². The minimum absolute atomic E-state index is 0.130. The molecule has 0 saturated heterocycles. The number of nitrogens with zero attached hydrogens (tertiary/aromatic N) is 5. The number of nitrogens with one attached hydrogen (secondary N) is 2. The van der Waals surface area contributed by atoms with Gasteiger partial charge in [-0.1, -0.05) is 0 Å². The first-order valence-electron chi connectivity index (χ1n) is 10.3. The number of amides is 2. The summed E-state index contributed by atoms with van der Waals surface area (Å²) in [5, 5.41) is 14.1. The van der Waals surface area contributed by atoms with E-state index in [1.807, 2.05) is 38.1 Å². The fourth-order valence-corrected chi connectivity index (χ4v) is 3.60. The Bertz CT molecular complexity index is 1320. The largest absolute Gasteiger partial charge is 0.497 e. The van der Waals surface area contributed by atoms with Crippen molar-refractivity contribution >= 4 is 17.5 Å². The lowest BCUT2D eigenvalue weighted by atomic mass is 10.1. The van der Waals surface area contributed by atoms with E-state index >= 15 is 0 Å². The Kier molecular flexibility index (Phi) is 6.03. The number of ether oxygens (including phenoxy) is 1. The van der Waals surface area contributed by atoms with Crippen LogP contribution < -0.4 is 15.8 Å². The molecule has 0 aliphatic carbocycles. The van der Waals surface area contributed by atoms with Crippen LogP contribution >= 0.6 is 0 Å². The maximum absolute atomic E-state index is 12.4. The summed E-state index contributed by atoms with van der Waals surface area (Å²) >= 11 is 0. The van der Waals surface area contributed by atoms with Crippen LogP contribution in [0, 0.1) is 13.8 Å². The van der Waals surface area contributed by atoms with E-state index in [0.29, 0.717) is 23.7 Å². The average Bonchev–Trinajstić information content (AvgIpc) is 3.45. The fourth-order valence-electron chi connectivity index (χ4n) is 3.60. The number of aromatic nitrogens is 6. The quantitative estimate of drug-likeness (QED) is 0.369. The second-order valence-corrected chi connectivity index (χ2v) is 7.53. The van der Waals surface area contributed by atoms with Crippen molar-refractivity contribution < 1.29 is 14.3 Å². The predicted octanol–water partition coefficient (Wildman–Crippen LogP) is 1.49. The summed E-state index contributed by atoms with van der Waals surface area (Å²) in [6.07, 6.45) is 2.15. The molecule has 3 aromatic heterocycles. The van der Waals surface area contributed by atoms with E-state index in [0.717, 1.165) is 28.3 Å². The van der Waals surface area contributed by atoms with Crippen molar-refractivity contribution in [1.29, 1.82) is 0 Å². The lowest BCUT2D eigenvalue weighted by molar-refractivity contribution is -0.121. The maximum Gasteiger partial charge on any atom is 0.254 e. The smallest absolute Gasteiger partial charge is 0.254 e. The zero-order valence-corrected chi connectivity index (χ0v) is 18.5. The molecule has 4 rings (SSSR count). The number of fused-ring (bicyclic) bond motifs is 1. The molecule has 0 saturated carbocycles. The van der Waals surface area contributed by atoms with Gasteiger partial charge in [-0.3, -0.25) is 14.7 Å². The number of nitrogens with two attached hydrogens (primary N) is 1. The van der Waals surface area contributed by atoms with Crippen LogP contribution in [0.4, 0.5) is 0 Å². The molecule has 0 aliphatic heterocycles. The number of primary amides is 1. The van der Waals surface area contributed by atoms with Gasteiger partial charge in [-0.2, -0.15) is 10.2 Å². The van der Waals surface area contributed by atoms with Crippen molar-refractivity contribution in [2.45, 2.75) is 33.2 Å². The predicted molar refractivity (Wildman–Crippen MR) is 120 cm³/mol. The summed E-state index contributed by atoms with van der Waals surface area (Å²) in [7, 11) is 1.61. The Hall–Kier alpha value is -4.28. The molecule has 4 N–H and O–H groups in total. The highest BCUT2D eigenvalue weighted by Gasteiger charge is 2.17. The number of H-pyrrole nitrogens is 1. The number of benzene rings is 1. The summed E-state index contributed by atoms with van der Waals surface area (Å²) in [6, 6.07) is 7.40. The molecule has 0 radical (unpaired) electrons. The summed E-state index contributed by atoms with van der Waals surface area (Å²) in [5.74, 6) is 1.14. The van der Waals surface area contributed by atoms with Crippen LogP contribution in [0.1, 0.15) is 39.6 Å². The monoisotopic (exact) mass is 448 g/mol. The Morgan fingerprint density at radius 1 is 1.18 bits per heavy atom. The number of hydrogen-bond donors (Lipinski definition) is 3. The Labute approximate surface area is 189 Å².